The van der Waals surface area contributed by atoms with Gasteiger partial charge in [0.05, 0.1) is 27.3 Å². The second-order valence-corrected chi connectivity index (χ2v) is 7.28. The van der Waals surface area contributed by atoms with Gasteiger partial charge in [-0.25, -0.2) is 9.55 Å². The fourth-order valence-corrected chi connectivity index (χ4v) is 4.04. The molecule has 0 aliphatic carbocycles. The Kier molecular flexibility index (Phi) is 8.62. The topological polar surface area (TPSA) is 47.0 Å². The minimum absolute atomic E-state index is 0. The number of quaternary nitrogens is 1. The molecular weight excluding hydrogens is 435 g/mol. The molecule has 8 heteroatoms. The number of nitrogens with one attached hydrogen (secondary N) is 2. The Morgan fingerprint density at radius 1 is 0.968 bits per heavy atom. The normalized spacial score (nSPS) is 10.9. The van der Waals surface area contributed by atoms with Crippen molar-refractivity contribution in [1.29, 1.82) is 0 Å². The number of likely N-dealkylation sites (N-methyl/N-ethyl adjacent to an activating group) is 1. The number of benzene rings is 2. The number of H-pyrrole nitrogens is 1. The highest BCUT2D eigenvalue weighted by Crippen LogP contribution is 2.32. The Bertz CT molecular complexity index is 1140. The van der Waals surface area contributed by atoms with Crippen molar-refractivity contribution in [2.45, 2.75) is 20.4 Å². The number of aromatic amines is 1. The van der Waals surface area contributed by atoms with E-state index in [0.717, 1.165) is 54.7 Å². The number of fused-ring (bicyclic) bond motifs is 3. The van der Waals surface area contributed by atoms with E-state index in [9.17, 15) is 0 Å². The number of rotatable bonds is 8. The van der Waals surface area contributed by atoms with Crippen LogP contribution in [0.5, 0.6) is 11.5 Å². The van der Waals surface area contributed by atoms with Crippen molar-refractivity contribution in [3.05, 3.63) is 48.7 Å². The molecule has 0 atom stereocenters. The molecule has 0 saturated carbocycles. The standard InChI is InChI=1S/C23H28N4O2.2ClH/c1-5-25(6-2)13-14-26-19-9-7-8-10-20(19)27-16-18(24-23(26)27)17-11-12-21(28-3)22(15-17)29-4;;/h7-12,15-16H,5-6,13-14H2,1-4H3;2*1H. The Morgan fingerprint density at radius 3 is 2.35 bits per heavy atom. The van der Waals surface area contributed by atoms with Gasteiger partial charge in [0.25, 0.3) is 0 Å². The first kappa shape index (κ1) is 24.9. The van der Waals surface area contributed by atoms with Crippen molar-refractivity contribution in [1.82, 2.24) is 9.38 Å². The Hall–Kier alpha value is -2.41. The molecule has 0 fully saturated rings. The van der Waals surface area contributed by atoms with Crippen molar-refractivity contribution in [3.63, 3.8) is 0 Å². The predicted molar refractivity (Wildman–Crippen MR) is 115 cm³/mol. The minimum atomic E-state index is 0. The molecule has 4 aromatic rings. The number of hydrogen-bond donors (Lipinski definition) is 2. The maximum Gasteiger partial charge on any atom is 0.368 e. The summed E-state index contributed by atoms with van der Waals surface area (Å²) in [6.07, 6.45) is 2.17. The van der Waals surface area contributed by atoms with Crippen molar-refractivity contribution >= 4 is 16.8 Å². The largest absolute Gasteiger partial charge is 1.00 e. The number of methoxy groups -OCH3 is 2. The maximum absolute atomic E-state index is 5.48. The van der Waals surface area contributed by atoms with Crippen molar-refractivity contribution < 1.29 is 43.8 Å². The van der Waals surface area contributed by atoms with Gasteiger partial charge in [-0.05, 0) is 44.2 Å². The number of para-hydroxylation sites is 2. The first-order valence-corrected chi connectivity index (χ1v) is 10.3. The van der Waals surface area contributed by atoms with Crippen LogP contribution in [0.2, 0.25) is 0 Å². The van der Waals surface area contributed by atoms with Gasteiger partial charge in [-0.3, -0.25) is 0 Å². The second kappa shape index (κ2) is 10.8. The summed E-state index contributed by atoms with van der Waals surface area (Å²) in [6.45, 7) is 8.87. The quantitative estimate of drug-likeness (QED) is 0.264. The smallest absolute Gasteiger partial charge is 0.368 e. The van der Waals surface area contributed by atoms with Crippen LogP contribution in [0, 0.1) is 0 Å². The molecule has 0 radical (unpaired) electrons. The van der Waals surface area contributed by atoms with Gasteiger partial charge in [-0.2, -0.15) is 4.40 Å². The SMILES string of the molecule is CC[NH+](CC)CC[n+]1c2ccccc2n2cc(-c3ccc(OC)c(OC)c3)[nH]c21.[Cl-].[Cl-]. The van der Waals surface area contributed by atoms with Gasteiger partial charge >= 0.3 is 5.78 Å². The molecule has 0 bridgehead atoms. The summed E-state index contributed by atoms with van der Waals surface area (Å²) in [6, 6.07) is 14.6. The molecule has 168 valence electrons. The lowest BCUT2D eigenvalue weighted by Crippen LogP contribution is -3.12. The summed E-state index contributed by atoms with van der Waals surface area (Å²) in [5, 5.41) is 0. The van der Waals surface area contributed by atoms with Crippen LogP contribution in [0.3, 0.4) is 0 Å². The summed E-state index contributed by atoms with van der Waals surface area (Å²) < 4.78 is 15.5. The third-order valence-electron chi connectivity index (χ3n) is 5.80. The molecule has 4 rings (SSSR count). The van der Waals surface area contributed by atoms with Crippen LogP contribution >= 0.6 is 0 Å². The van der Waals surface area contributed by atoms with Crippen molar-refractivity contribution in [2.24, 2.45) is 0 Å². The molecule has 6 nitrogen and oxygen atoms in total. The zero-order valence-electron chi connectivity index (χ0n) is 18.4. The first-order valence-electron chi connectivity index (χ1n) is 10.3. The van der Waals surface area contributed by atoms with E-state index in [0.29, 0.717) is 0 Å². The lowest BCUT2D eigenvalue weighted by molar-refractivity contribution is -0.912. The predicted octanol–water partition coefficient (Wildman–Crippen LogP) is -3.67. The van der Waals surface area contributed by atoms with Gasteiger partial charge in [0.1, 0.15) is 36.0 Å². The van der Waals surface area contributed by atoms with Crippen LogP contribution in [0.1, 0.15) is 13.8 Å². The minimum Gasteiger partial charge on any atom is -1.00 e. The van der Waals surface area contributed by atoms with Crippen LogP contribution in [0.15, 0.2) is 48.7 Å². The highest BCUT2D eigenvalue weighted by atomic mass is 35.5. The van der Waals surface area contributed by atoms with Crippen molar-refractivity contribution in [3.8, 4) is 22.8 Å². The Balaban J connectivity index is 0.00000171. The fraction of sp³-hybridized carbons (Fsp3) is 0.348. The monoisotopic (exact) mass is 464 g/mol. The Labute approximate surface area is 195 Å². The van der Waals surface area contributed by atoms with E-state index in [4.69, 9.17) is 9.47 Å². The number of imidazole rings is 2. The van der Waals surface area contributed by atoms with E-state index in [1.165, 1.54) is 11.0 Å². The molecular formula is C23H30Cl2N4O2. The summed E-state index contributed by atoms with van der Waals surface area (Å²) in [7, 11) is 3.32. The molecule has 2 aromatic heterocycles. The maximum atomic E-state index is 5.48. The van der Waals surface area contributed by atoms with Crippen LogP contribution in [0.25, 0.3) is 28.1 Å². The second-order valence-electron chi connectivity index (χ2n) is 7.28. The van der Waals surface area contributed by atoms with Crippen molar-refractivity contribution in [2.75, 3.05) is 33.9 Å². The number of nitrogens with zero attached hydrogens (tertiary/aromatic N) is 2. The molecule has 0 amide bonds. The average Bonchev–Trinajstić information content (AvgIpc) is 3.32. The molecule has 0 aliphatic rings. The van der Waals surface area contributed by atoms with Gasteiger partial charge < -0.3 is 39.2 Å². The van der Waals surface area contributed by atoms with Gasteiger partial charge in [0.15, 0.2) is 11.5 Å². The number of halogens is 2. The van der Waals surface area contributed by atoms with E-state index in [1.54, 1.807) is 19.1 Å². The summed E-state index contributed by atoms with van der Waals surface area (Å²) in [4.78, 5) is 5.24. The lowest BCUT2D eigenvalue weighted by atomic mass is 10.1. The third kappa shape index (κ3) is 4.61. The number of hydrogen-bond acceptors (Lipinski definition) is 2. The third-order valence-corrected chi connectivity index (χ3v) is 5.80. The first-order chi connectivity index (χ1) is 14.2. The molecule has 0 aliphatic heterocycles. The van der Waals surface area contributed by atoms with Gasteiger partial charge in [-0.1, -0.05) is 12.1 Å². The highest BCUT2D eigenvalue weighted by molar-refractivity contribution is 5.77. The van der Waals surface area contributed by atoms with Gasteiger partial charge in [0, 0.05) is 5.56 Å². The molecule has 2 heterocycles. The Morgan fingerprint density at radius 2 is 1.68 bits per heavy atom. The summed E-state index contributed by atoms with van der Waals surface area (Å²) in [5.74, 6) is 2.56. The van der Waals surface area contributed by atoms with E-state index >= 15 is 0 Å². The number of aromatic nitrogens is 3. The highest BCUT2D eigenvalue weighted by Gasteiger charge is 2.22. The zero-order valence-corrected chi connectivity index (χ0v) is 19.9. The molecule has 2 N–H and O–H groups in total. The van der Waals surface area contributed by atoms with E-state index in [2.05, 4.69) is 64.3 Å². The fourth-order valence-electron chi connectivity index (χ4n) is 4.04. The zero-order chi connectivity index (χ0) is 20.4. The molecule has 0 spiro atoms. The van der Waals surface area contributed by atoms with Crippen LogP contribution in [-0.2, 0) is 6.54 Å². The van der Waals surface area contributed by atoms with Gasteiger partial charge in [0.2, 0.25) is 0 Å². The molecule has 0 saturated heterocycles. The lowest BCUT2D eigenvalue weighted by Gasteiger charge is -2.14. The van der Waals surface area contributed by atoms with Crippen LogP contribution < -0.4 is 43.8 Å². The van der Waals surface area contributed by atoms with E-state index < -0.39 is 0 Å². The van der Waals surface area contributed by atoms with E-state index in [-0.39, 0.29) is 24.8 Å². The van der Waals surface area contributed by atoms with E-state index in [1.807, 2.05) is 12.1 Å². The molecule has 0 unspecified atom stereocenters. The molecule has 31 heavy (non-hydrogen) atoms. The van der Waals surface area contributed by atoms with Gasteiger partial charge in [-0.15, -0.1) is 0 Å². The molecule has 2 aromatic carbocycles. The summed E-state index contributed by atoms with van der Waals surface area (Å²) in [5.41, 5.74) is 4.58. The average molecular weight is 465 g/mol. The summed E-state index contributed by atoms with van der Waals surface area (Å²) >= 11 is 0. The number of ether oxygens (including phenoxy) is 2. The van der Waals surface area contributed by atoms with Crippen LogP contribution in [0.4, 0.5) is 0 Å². The van der Waals surface area contributed by atoms with Crippen LogP contribution in [-0.4, -0.2) is 43.2 Å².